The molecule has 30 heavy (non-hydrogen) atoms. The Bertz CT molecular complexity index is 1160. The van der Waals surface area contributed by atoms with Crippen LogP contribution in [-0.4, -0.2) is 22.0 Å². The fraction of sp³-hybridized carbons (Fsp3) is 0.160. The maximum absolute atomic E-state index is 12.3. The Morgan fingerprint density at radius 1 is 0.967 bits per heavy atom. The number of para-hydroxylation sites is 2. The number of aryl methyl sites for hydroxylation is 1. The number of nitrogens with zero attached hydrogens (tertiary/aromatic N) is 2. The van der Waals surface area contributed by atoms with Gasteiger partial charge in [-0.25, -0.2) is 4.98 Å². The second kappa shape index (κ2) is 8.74. The molecule has 5 nitrogen and oxygen atoms in total. The van der Waals surface area contributed by atoms with Crippen LogP contribution in [0.4, 0.5) is 0 Å². The average molecular weight is 397 g/mol. The van der Waals surface area contributed by atoms with Crippen molar-refractivity contribution in [3.05, 3.63) is 90.1 Å². The standard InChI is InChI=1S/C25H23N3O2/c1-17-7-9-19(10-8-17)15-27-25(29)18(2)30-21-13-11-20(12-14-21)24-16-26-22-5-3-4-6-23(22)28-24/h3-14,16,18H,15H2,1-2H3,(H,27,29)/t18-/m1/s1. The van der Waals surface area contributed by atoms with Crippen LogP contribution in [0.25, 0.3) is 22.3 Å². The lowest BCUT2D eigenvalue weighted by Gasteiger charge is -2.15. The first-order chi connectivity index (χ1) is 14.6. The van der Waals surface area contributed by atoms with Crippen molar-refractivity contribution in [1.29, 1.82) is 0 Å². The topological polar surface area (TPSA) is 64.1 Å². The van der Waals surface area contributed by atoms with Crippen molar-refractivity contribution in [1.82, 2.24) is 15.3 Å². The molecule has 1 aromatic heterocycles. The molecule has 0 saturated heterocycles. The van der Waals surface area contributed by atoms with Crippen LogP contribution < -0.4 is 10.1 Å². The Balaban J connectivity index is 1.37. The van der Waals surface area contributed by atoms with E-state index < -0.39 is 6.10 Å². The number of rotatable bonds is 6. The molecule has 150 valence electrons. The summed E-state index contributed by atoms with van der Waals surface area (Å²) >= 11 is 0. The van der Waals surface area contributed by atoms with E-state index in [0.717, 1.165) is 27.9 Å². The van der Waals surface area contributed by atoms with Crippen molar-refractivity contribution in [3.8, 4) is 17.0 Å². The first kappa shape index (κ1) is 19.6. The van der Waals surface area contributed by atoms with Crippen LogP contribution in [0, 0.1) is 6.92 Å². The number of nitrogens with one attached hydrogen (secondary N) is 1. The van der Waals surface area contributed by atoms with Crippen molar-refractivity contribution >= 4 is 16.9 Å². The zero-order chi connectivity index (χ0) is 20.9. The van der Waals surface area contributed by atoms with E-state index in [-0.39, 0.29) is 5.91 Å². The highest BCUT2D eigenvalue weighted by molar-refractivity contribution is 5.80. The van der Waals surface area contributed by atoms with E-state index in [0.29, 0.717) is 12.3 Å². The minimum atomic E-state index is -0.596. The van der Waals surface area contributed by atoms with Gasteiger partial charge in [-0.15, -0.1) is 0 Å². The smallest absolute Gasteiger partial charge is 0.261 e. The summed E-state index contributed by atoms with van der Waals surface area (Å²) in [4.78, 5) is 21.5. The summed E-state index contributed by atoms with van der Waals surface area (Å²) in [7, 11) is 0. The number of carbonyl (C=O) groups is 1. The molecule has 0 bridgehead atoms. The summed E-state index contributed by atoms with van der Waals surface area (Å²) in [6, 6.07) is 23.4. The molecule has 4 aromatic rings. The van der Waals surface area contributed by atoms with E-state index in [1.807, 2.05) is 79.7 Å². The zero-order valence-electron chi connectivity index (χ0n) is 17.0. The molecule has 0 aliphatic heterocycles. The fourth-order valence-corrected chi connectivity index (χ4v) is 3.10. The molecule has 4 rings (SSSR count). The highest BCUT2D eigenvalue weighted by atomic mass is 16.5. The molecule has 5 heteroatoms. The molecule has 0 radical (unpaired) electrons. The van der Waals surface area contributed by atoms with E-state index in [9.17, 15) is 4.79 Å². The lowest BCUT2D eigenvalue weighted by atomic mass is 10.1. The van der Waals surface area contributed by atoms with Gasteiger partial charge in [0, 0.05) is 12.1 Å². The molecule has 1 atom stereocenters. The SMILES string of the molecule is Cc1ccc(CNC(=O)[C@@H](C)Oc2ccc(-c3cnc4ccccc4n3)cc2)cc1. The first-order valence-electron chi connectivity index (χ1n) is 9.90. The molecule has 1 N–H and O–H groups in total. The minimum absolute atomic E-state index is 0.153. The van der Waals surface area contributed by atoms with E-state index in [2.05, 4.69) is 15.3 Å². The van der Waals surface area contributed by atoms with Gasteiger partial charge in [0.05, 0.1) is 22.9 Å². The first-order valence-corrected chi connectivity index (χ1v) is 9.90. The number of aromatic nitrogens is 2. The Kier molecular flexibility index (Phi) is 5.70. The van der Waals surface area contributed by atoms with E-state index >= 15 is 0 Å². The quantitative estimate of drug-likeness (QED) is 0.513. The van der Waals surface area contributed by atoms with Gasteiger partial charge in [-0.1, -0.05) is 42.0 Å². The Morgan fingerprint density at radius 2 is 1.67 bits per heavy atom. The monoisotopic (exact) mass is 397 g/mol. The Hall–Kier alpha value is -3.73. The number of amides is 1. The summed E-state index contributed by atoms with van der Waals surface area (Å²) < 4.78 is 5.80. The normalized spacial score (nSPS) is 11.8. The van der Waals surface area contributed by atoms with E-state index in [1.54, 1.807) is 13.1 Å². The van der Waals surface area contributed by atoms with Crippen LogP contribution in [0.5, 0.6) is 5.75 Å². The number of hydrogen-bond acceptors (Lipinski definition) is 4. The summed E-state index contributed by atoms with van der Waals surface area (Å²) in [5.41, 5.74) is 5.71. The highest BCUT2D eigenvalue weighted by Crippen LogP contribution is 2.22. The number of hydrogen-bond donors (Lipinski definition) is 1. The van der Waals surface area contributed by atoms with Crippen molar-refractivity contribution in [3.63, 3.8) is 0 Å². The maximum atomic E-state index is 12.3. The predicted molar refractivity (Wildman–Crippen MR) is 118 cm³/mol. The lowest BCUT2D eigenvalue weighted by Crippen LogP contribution is -2.35. The summed E-state index contributed by atoms with van der Waals surface area (Å²) in [5, 5.41) is 2.91. The Morgan fingerprint density at radius 3 is 2.40 bits per heavy atom. The van der Waals surface area contributed by atoms with Crippen molar-refractivity contribution < 1.29 is 9.53 Å². The minimum Gasteiger partial charge on any atom is -0.481 e. The molecular formula is C25H23N3O2. The van der Waals surface area contributed by atoms with Crippen molar-refractivity contribution in [2.75, 3.05) is 0 Å². The maximum Gasteiger partial charge on any atom is 0.261 e. The van der Waals surface area contributed by atoms with Crippen LogP contribution in [0.2, 0.25) is 0 Å². The summed E-state index contributed by atoms with van der Waals surface area (Å²) in [6.07, 6.45) is 1.17. The number of fused-ring (bicyclic) bond motifs is 1. The number of benzene rings is 3. The van der Waals surface area contributed by atoms with Gasteiger partial charge in [-0.3, -0.25) is 9.78 Å². The van der Waals surface area contributed by atoms with Gasteiger partial charge < -0.3 is 10.1 Å². The van der Waals surface area contributed by atoms with Gasteiger partial charge in [0.15, 0.2) is 6.10 Å². The highest BCUT2D eigenvalue weighted by Gasteiger charge is 2.14. The van der Waals surface area contributed by atoms with Gasteiger partial charge in [0.1, 0.15) is 5.75 Å². The molecule has 1 heterocycles. The van der Waals surface area contributed by atoms with Crippen LogP contribution in [0.3, 0.4) is 0 Å². The summed E-state index contributed by atoms with van der Waals surface area (Å²) in [6.45, 7) is 4.26. The molecule has 0 fully saturated rings. The fourth-order valence-electron chi connectivity index (χ4n) is 3.10. The van der Waals surface area contributed by atoms with Crippen LogP contribution in [-0.2, 0) is 11.3 Å². The molecule has 1 amide bonds. The predicted octanol–water partition coefficient (Wildman–Crippen LogP) is 4.69. The summed E-state index contributed by atoms with van der Waals surface area (Å²) in [5.74, 6) is 0.477. The van der Waals surface area contributed by atoms with Crippen LogP contribution in [0.1, 0.15) is 18.1 Å². The molecule has 3 aromatic carbocycles. The van der Waals surface area contributed by atoms with Crippen LogP contribution >= 0.6 is 0 Å². The third-order valence-corrected chi connectivity index (χ3v) is 4.87. The number of ether oxygens (including phenoxy) is 1. The number of carbonyl (C=O) groups excluding carboxylic acids is 1. The van der Waals surface area contributed by atoms with E-state index in [1.165, 1.54) is 5.56 Å². The average Bonchev–Trinajstić information content (AvgIpc) is 2.78. The molecule has 0 aliphatic rings. The second-order valence-electron chi connectivity index (χ2n) is 7.23. The zero-order valence-corrected chi connectivity index (χ0v) is 17.0. The molecule has 0 unspecified atom stereocenters. The molecule has 0 aliphatic carbocycles. The largest absolute Gasteiger partial charge is 0.481 e. The van der Waals surface area contributed by atoms with E-state index in [4.69, 9.17) is 4.74 Å². The van der Waals surface area contributed by atoms with Crippen molar-refractivity contribution in [2.45, 2.75) is 26.5 Å². The lowest BCUT2D eigenvalue weighted by molar-refractivity contribution is -0.127. The van der Waals surface area contributed by atoms with Gasteiger partial charge in [-0.2, -0.15) is 0 Å². The third-order valence-electron chi connectivity index (χ3n) is 4.87. The van der Waals surface area contributed by atoms with Crippen molar-refractivity contribution in [2.24, 2.45) is 0 Å². The van der Waals surface area contributed by atoms with Crippen LogP contribution in [0.15, 0.2) is 79.0 Å². The van der Waals surface area contributed by atoms with Gasteiger partial charge in [-0.05, 0) is 55.8 Å². The molecular weight excluding hydrogens is 374 g/mol. The van der Waals surface area contributed by atoms with Gasteiger partial charge in [0.25, 0.3) is 5.91 Å². The third kappa shape index (κ3) is 4.63. The van der Waals surface area contributed by atoms with Gasteiger partial charge >= 0.3 is 0 Å². The van der Waals surface area contributed by atoms with Gasteiger partial charge in [0.2, 0.25) is 0 Å². The molecule has 0 spiro atoms. The Labute approximate surface area is 175 Å². The molecule has 0 saturated carbocycles. The second-order valence-corrected chi connectivity index (χ2v) is 7.23.